The van der Waals surface area contributed by atoms with Gasteiger partial charge >= 0.3 is 5.97 Å². The summed E-state index contributed by atoms with van der Waals surface area (Å²) < 4.78 is 5.18. The summed E-state index contributed by atoms with van der Waals surface area (Å²) in [6.07, 6.45) is 3.12. The van der Waals surface area contributed by atoms with Crippen LogP contribution in [-0.2, 0) is 25.5 Å². The minimum atomic E-state index is -0.694. The van der Waals surface area contributed by atoms with Gasteiger partial charge in [0, 0.05) is 5.69 Å². The van der Waals surface area contributed by atoms with Crippen LogP contribution in [0.25, 0.3) is 0 Å². The van der Waals surface area contributed by atoms with Crippen LogP contribution in [0.1, 0.15) is 49.0 Å². The fourth-order valence-electron chi connectivity index (χ4n) is 4.77. The van der Waals surface area contributed by atoms with Crippen molar-refractivity contribution in [3.63, 3.8) is 0 Å². The third-order valence-corrected chi connectivity index (χ3v) is 6.53. The minimum Gasteiger partial charge on any atom is -0.452 e. The number of nitrogens with zero attached hydrogens (tertiary/aromatic N) is 1. The average molecular weight is 449 g/mol. The fraction of sp³-hybridized carbons (Fsp3) is 0.385. The molecule has 1 aliphatic heterocycles. The molecule has 33 heavy (non-hydrogen) atoms. The van der Waals surface area contributed by atoms with Crippen molar-refractivity contribution in [1.29, 1.82) is 0 Å². The molecule has 2 aliphatic rings. The number of ether oxygens (including phenoxy) is 1. The van der Waals surface area contributed by atoms with Gasteiger partial charge in [0.25, 0.3) is 5.91 Å². The van der Waals surface area contributed by atoms with Crippen LogP contribution in [0.3, 0.4) is 0 Å². The first-order valence-electron chi connectivity index (χ1n) is 11.4. The molecule has 2 aromatic carbocycles. The SMILES string of the molecule is CCc1ccccc1NC(=O)COC(=O)c1cccc(N2C(=O)[C@@H]3CC[C@@H](C)C[C@H]3C2=O)c1. The van der Waals surface area contributed by atoms with Crippen LogP contribution >= 0.6 is 0 Å². The third kappa shape index (κ3) is 4.67. The van der Waals surface area contributed by atoms with Crippen LogP contribution in [0.15, 0.2) is 48.5 Å². The van der Waals surface area contributed by atoms with Crippen LogP contribution < -0.4 is 10.2 Å². The van der Waals surface area contributed by atoms with Gasteiger partial charge in [-0.1, -0.05) is 38.1 Å². The average Bonchev–Trinajstić information content (AvgIpc) is 3.07. The normalized spacial score (nSPS) is 22.1. The predicted molar refractivity (Wildman–Crippen MR) is 124 cm³/mol. The number of hydrogen-bond acceptors (Lipinski definition) is 5. The summed E-state index contributed by atoms with van der Waals surface area (Å²) in [4.78, 5) is 51.9. The fourth-order valence-corrected chi connectivity index (χ4v) is 4.77. The molecule has 3 atom stereocenters. The van der Waals surface area contributed by atoms with Crippen molar-refractivity contribution in [2.24, 2.45) is 17.8 Å². The first-order chi connectivity index (χ1) is 15.9. The number of para-hydroxylation sites is 1. The number of carbonyl (C=O) groups is 4. The largest absolute Gasteiger partial charge is 0.452 e. The number of benzene rings is 2. The molecule has 7 nitrogen and oxygen atoms in total. The summed E-state index contributed by atoms with van der Waals surface area (Å²) in [5.74, 6) is -1.68. The monoisotopic (exact) mass is 448 g/mol. The Bertz CT molecular complexity index is 1100. The Morgan fingerprint density at radius 3 is 2.58 bits per heavy atom. The number of amides is 3. The highest BCUT2D eigenvalue weighted by Crippen LogP contribution is 2.42. The van der Waals surface area contributed by atoms with E-state index in [1.165, 1.54) is 17.0 Å². The standard InChI is InChI=1S/C26H28N2O5/c1-3-17-7-4-5-10-22(17)27-23(29)15-33-26(32)18-8-6-9-19(14-18)28-24(30)20-12-11-16(2)13-21(20)25(28)31/h4-10,14,16,20-21H,3,11-13,15H2,1-2H3,(H,27,29)/t16-,20-,21-/m1/s1. The summed E-state index contributed by atoms with van der Waals surface area (Å²) in [6, 6.07) is 13.7. The molecule has 0 bridgehead atoms. The molecule has 1 saturated heterocycles. The topological polar surface area (TPSA) is 92.8 Å². The maximum atomic E-state index is 13.0. The Morgan fingerprint density at radius 2 is 1.79 bits per heavy atom. The van der Waals surface area contributed by atoms with E-state index in [1.54, 1.807) is 18.2 Å². The van der Waals surface area contributed by atoms with Gasteiger partial charge in [0.05, 0.1) is 23.1 Å². The number of carbonyl (C=O) groups excluding carboxylic acids is 4. The lowest BCUT2D eigenvalue weighted by molar-refractivity contribution is -0.122. The van der Waals surface area contributed by atoms with E-state index < -0.39 is 18.5 Å². The van der Waals surface area contributed by atoms with Gasteiger partial charge in [0.15, 0.2) is 6.61 Å². The second-order valence-corrected chi connectivity index (χ2v) is 8.83. The summed E-state index contributed by atoms with van der Waals surface area (Å²) in [7, 11) is 0. The molecule has 1 N–H and O–H groups in total. The molecule has 0 aromatic heterocycles. The van der Waals surface area contributed by atoms with Gasteiger partial charge in [0.2, 0.25) is 11.8 Å². The second kappa shape index (κ2) is 9.57. The number of fused-ring (bicyclic) bond motifs is 1. The van der Waals surface area contributed by atoms with Crippen LogP contribution in [0, 0.1) is 17.8 Å². The Morgan fingerprint density at radius 1 is 1.03 bits per heavy atom. The summed E-state index contributed by atoms with van der Waals surface area (Å²) in [5, 5.41) is 2.75. The lowest BCUT2D eigenvalue weighted by atomic mass is 9.76. The zero-order chi connectivity index (χ0) is 23.5. The van der Waals surface area contributed by atoms with Crippen molar-refractivity contribution in [1.82, 2.24) is 0 Å². The second-order valence-electron chi connectivity index (χ2n) is 8.83. The molecule has 1 heterocycles. The highest BCUT2D eigenvalue weighted by molar-refractivity contribution is 6.22. The van der Waals surface area contributed by atoms with Crippen molar-refractivity contribution < 1.29 is 23.9 Å². The highest BCUT2D eigenvalue weighted by Gasteiger charge is 2.50. The van der Waals surface area contributed by atoms with Crippen LogP contribution in [0.2, 0.25) is 0 Å². The number of esters is 1. The molecule has 2 aromatic rings. The molecule has 172 valence electrons. The number of aryl methyl sites for hydroxylation is 1. The minimum absolute atomic E-state index is 0.179. The molecule has 4 rings (SSSR count). The van der Waals surface area contributed by atoms with Gasteiger partial charge in [-0.2, -0.15) is 0 Å². The van der Waals surface area contributed by atoms with Crippen LogP contribution in [-0.4, -0.2) is 30.3 Å². The van der Waals surface area contributed by atoms with Gasteiger partial charge in [0.1, 0.15) is 0 Å². The van der Waals surface area contributed by atoms with E-state index >= 15 is 0 Å². The smallest absolute Gasteiger partial charge is 0.338 e. The predicted octanol–water partition coefficient (Wildman–Crippen LogP) is 3.97. The van der Waals surface area contributed by atoms with E-state index in [0.717, 1.165) is 18.4 Å². The van der Waals surface area contributed by atoms with Crippen molar-refractivity contribution >= 4 is 35.1 Å². The van der Waals surface area contributed by atoms with Gasteiger partial charge in [-0.15, -0.1) is 0 Å². The molecule has 1 saturated carbocycles. The van der Waals surface area contributed by atoms with Gasteiger partial charge < -0.3 is 10.1 Å². The number of rotatable bonds is 6. The first kappa shape index (κ1) is 22.7. The van der Waals surface area contributed by atoms with E-state index in [-0.39, 0.29) is 29.2 Å². The quantitative estimate of drug-likeness (QED) is 0.533. The molecule has 7 heteroatoms. The zero-order valence-corrected chi connectivity index (χ0v) is 18.9. The van der Waals surface area contributed by atoms with Crippen molar-refractivity contribution in [2.75, 3.05) is 16.8 Å². The summed E-state index contributed by atoms with van der Waals surface area (Å²) >= 11 is 0. The van der Waals surface area contributed by atoms with E-state index in [9.17, 15) is 19.2 Å². The highest BCUT2D eigenvalue weighted by atomic mass is 16.5. The van der Waals surface area contributed by atoms with Crippen molar-refractivity contribution in [3.05, 3.63) is 59.7 Å². The lowest BCUT2D eigenvalue weighted by Crippen LogP contribution is -2.31. The molecule has 3 amide bonds. The molecule has 1 aliphatic carbocycles. The summed E-state index contributed by atoms with van der Waals surface area (Å²) in [5.41, 5.74) is 2.21. The Labute approximate surface area is 193 Å². The van der Waals surface area contributed by atoms with E-state index in [4.69, 9.17) is 4.74 Å². The third-order valence-electron chi connectivity index (χ3n) is 6.53. The van der Waals surface area contributed by atoms with E-state index in [0.29, 0.717) is 30.1 Å². The number of anilines is 2. The molecular weight excluding hydrogens is 420 g/mol. The van der Waals surface area contributed by atoms with Gasteiger partial charge in [-0.3, -0.25) is 19.3 Å². The molecule has 0 unspecified atom stereocenters. The lowest BCUT2D eigenvalue weighted by Gasteiger charge is -2.25. The van der Waals surface area contributed by atoms with Crippen LogP contribution in [0.5, 0.6) is 0 Å². The Balaban J connectivity index is 1.41. The van der Waals surface area contributed by atoms with Gasteiger partial charge in [-0.05, 0) is 61.4 Å². The molecule has 0 spiro atoms. The maximum absolute atomic E-state index is 13.0. The number of nitrogens with one attached hydrogen (secondary N) is 1. The van der Waals surface area contributed by atoms with E-state index in [1.807, 2.05) is 25.1 Å². The van der Waals surface area contributed by atoms with Crippen molar-refractivity contribution in [2.45, 2.75) is 39.5 Å². The van der Waals surface area contributed by atoms with Gasteiger partial charge in [-0.25, -0.2) is 4.79 Å². The molecule has 2 fully saturated rings. The Hall–Kier alpha value is -3.48. The maximum Gasteiger partial charge on any atom is 0.338 e. The van der Waals surface area contributed by atoms with Crippen molar-refractivity contribution in [3.8, 4) is 0 Å². The Kier molecular flexibility index (Phi) is 6.58. The summed E-state index contributed by atoms with van der Waals surface area (Å²) in [6.45, 7) is 3.65. The first-order valence-corrected chi connectivity index (χ1v) is 11.4. The zero-order valence-electron chi connectivity index (χ0n) is 18.9. The van der Waals surface area contributed by atoms with E-state index in [2.05, 4.69) is 12.2 Å². The number of hydrogen-bond donors (Lipinski definition) is 1. The molecular formula is C26H28N2O5. The molecule has 0 radical (unpaired) electrons. The van der Waals surface area contributed by atoms with Crippen LogP contribution in [0.4, 0.5) is 11.4 Å². The number of imide groups is 1.